The second-order valence-electron chi connectivity index (χ2n) is 4.21. The lowest BCUT2D eigenvalue weighted by atomic mass is 10.0. The number of amides is 2. The minimum Gasteiger partial charge on any atom is -0.481 e. The second kappa shape index (κ2) is 5.72. The SMILES string of the molecule is CCCN(CCC)C(=O)N1CC(C(=O)O)C1. The maximum absolute atomic E-state index is 11.9. The van der Waals surface area contributed by atoms with Crippen molar-refractivity contribution in [2.75, 3.05) is 26.2 Å². The fourth-order valence-electron chi connectivity index (χ4n) is 1.83. The lowest BCUT2D eigenvalue weighted by Gasteiger charge is -2.39. The van der Waals surface area contributed by atoms with Crippen LogP contribution in [0.25, 0.3) is 0 Å². The molecule has 1 aliphatic rings. The summed E-state index contributed by atoms with van der Waals surface area (Å²) in [5.41, 5.74) is 0. The molecule has 1 saturated heterocycles. The van der Waals surface area contributed by atoms with Crippen LogP contribution in [0.5, 0.6) is 0 Å². The molecule has 0 atom stereocenters. The van der Waals surface area contributed by atoms with Gasteiger partial charge in [-0.3, -0.25) is 4.79 Å². The molecule has 0 aromatic heterocycles. The van der Waals surface area contributed by atoms with Crippen LogP contribution in [0.4, 0.5) is 4.79 Å². The van der Waals surface area contributed by atoms with Crippen molar-refractivity contribution in [2.24, 2.45) is 5.92 Å². The van der Waals surface area contributed by atoms with E-state index in [4.69, 9.17) is 5.11 Å². The summed E-state index contributed by atoms with van der Waals surface area (Å²) in [5, 5.41) is 8.73. The fourth-order valence-corrected chi connectivity index (χ4v) is 1.83. The van der Waals surface area contributed by atoms with Gasteiger partial charge < -0.3 is 14.9 Å². The monoisotopic (exact) mass is 228 g/mol. The van der Waals surface area contributed by atoms with Crippen LogP contribution in [0.1, 0.15) is 26.7 Å². The van der Waals surface area contributed by atoms with E-state index in [0.29, 0.717) is 13.1 Å². The van der Waals surface area contributed by atoms with Crippen molar-refractivity contribution in [3.05, 3.63) is 0 Å². The van der Waals surface area contributed by atoms with E-state index in [0.717, 1.165) is 25.9 Å². The predicted octanol–water partition coefficient (Wildman–Crippen LogP) is 1.24. The molecule has 0 aliphatic carbocycles. The number of rotatable bonds is 5. The minimum absolute atomic E-state index is 0.0128. The Balaban J connectivity index is 2.41. The molecule has 92 valence electrons. The molecule has 0 saturated carbocycles. The van der Waals surface area contributed by atoms with Crippen LogP contribution in [0.3, 0.4) is 0 Å². The zero-order valence-corrected chi connectivity index (χ0v) is 9.98. The summed E-state index contributed by atoms with van der Waals surface area (Å²) in [4.78, 5) is 26.0. The average Bonchev–Trinajstić information content (AvgIpc) is 2.14. The van der Waals surface area contributed by atoms with Crippen molar-refractivity contribution in [1.82, 2.24) is 9.80 Å². The van der Waals surface area contributed by atoms with Crippen LogP contribution < -0.4 is 0 Å². The highest BCUT2D eigenvalue weighted by atomic mass is 16.4. The summed E-state index contributed by atoms with van der Waals surface area (Å²) >= 11 is 0. The molecule has 0 unspecified atom stereocenters. The van der Waals surface area contributed by atoms with Gasteiger partial charge >= 0.3 is 12.0 Å². The number of carboxylic acid groups (broad SMARTS) is 1. The van der Waals surface area contributed by atoms with Gasteiger partial charge in [0.1, 0.15) is 0 Å². The predicted molar refractivity (Wildman–Crippen MR) is 60.2 cm³/mol. The molecular formula is C11H20N2O3. The van der Waals surface area contributed by atoms with E-state index in [9.17, 15) is 9.59 Å². The third-order valence-corrected chi connectivity index (χ3v) is 2.76. The quantitative estimate of drug-likeness (QED) is 0.770. The van der Waals surface area contributed by atoms with Gasteiger partial charge in [-0.2, -0.15) is 0 Å². The molecule has 1 rings (SSSR count). The van der Waals surface area contributed by atoms with E-state index in [1.165, 1.54) is 0 Å². The third-order valence-electron chi connectivity index (χ3n) is 2.76. The molecule has 0 spiro atoms. The van der Waals surface area contributed by atoms with Gasteiger partial charge in [0, 0.05) is 26.2 Å². The smallest absolute Gasteiger partial charge is 0.320 e. The number of carbonyl (C=O) groups excluding carboxylic acids is 1. The lowest BCUT2D eigenvalue weighted by molar-refractivity contribution is -0.146. The Bertz CT molecular complexity index is 256. The minimum atomic E-state index is -0.804. The van der Waals surface area contributed by atoms with Crippen molar-refractivity contribution < 1.29 is 14.7 Å². The van der Waals surface area contributed by atoms with Gasteiger partial charge in [0.2, 0.25) is 0 Å². The molecule has 1 fully saturated rings. The number of hydrogen-bond donors (Lipinski definition) is 1. The first-order valence-electron chi connectivity index (χ1n) is 5.86. The first kappa shape index (κ1) is 12.8. The number of aliphatic carboxylic acids is 1. The lowest BCUT2D eigenvalue weighted by Crippen LogP contribution is -2.57. The van der Waals surface area contributed by atoms with Gasteiger partial charge in [-0.05, 0) is 12.8 Å². The summed E-state index contributed by atoms with van der Waals surface area (Å²) in [5.74, 6) is -1.17. The Morgan fingerprint density at radius 2 is 1.75 bits per heavy atom. The van der Waals surface area contributed by atoms with Gasteiger partial charge in [0.25, 0.3) is 0 Å². The number of nitrogens with zero attached hydrogens (tertiary/aromatic N) is 2. The van der Waals surface area contributed by atoms with E-state index >= 15 is 0 Å². The maximum Gasteiger partial charge on any atom is 0.320 e. The van der Waals surface area contributed by atoms with Gasteiger partial charge in [-0.15, -0.1) is 0 Å². The highest BCUT2D eigenvalue weighted by Crippen LogP contribution is 2.17. The van der Waals surface area contributed by atoms with Crippen molar-refractivity contribution in [3.8, 4) is 0 Å². The average molecular weight is 228 g/mol. The number of likely N-dealkylation sites (tertiary alicyclic amines) is 1. The molecule has 0 bridgehead atoms. The Morgan fingerprint density at radius 1 is 1.25 bits per heavy atom. The van der Waals surface area contributed by atoms with Crippen LogP contribution in [0, 0.1) is 5.92 Å². The topological polar surface area (TPSA) is 60.9 Å². The second-order valence-corrected chi connectivity index (χ2v) is 4.21. The van der Waals surface area contributed by atoms with E-state index in [1.807, 2.05) is 13.8 Å². The van der Waals surface area contributed by atoms with Crippen molar-refractivity contribution >= 4 is 12.0 Å². The Kier molecular flexibility index (Phi) is 4.58. The Morgan fingerprint density at radius 3 is 2.12 bits per heavy atom. The zero-order chi connectivity index (χ0) is 12.1. The number of urea groups is 1. The van der Waals surface area contributed by atoms with Gasteiger partial charge in [-0.1, -0.05) is 13.8 Å². The van der Waals surface area contributed by atoms with Crippen LogP contribution in [0.2, 0.25) is 0 Å². The molecule has 1 N–H and O–H groups in total. The summed E-state index contributed by atoms with van der Waals surface area (Å²) in [6.07, 6.45) is 1.86. The maximum atomic E-state index is 11.9. The van der Waals surface area contributed by atoms with Crippen LogP contribution >= 0.6 is 0 Å². The standard InChI is InChI=1S/C11H20N2O3/c1-3-5-12(6-4-2)11(16)13-7-9(8-13)10(14)15/h9H,3-8H2,1-2H3,(H,14,15). The van der Waals surface area contributed by atoms with Gasteiger partial charge in [0.15, 0.2) is 0 Å². The van der Waals surface area contributed by atoms with Crippen LogP contribution in [-0.2, 0) is 4.79 Å². The van der Waals surface area contributed by atoms with E-state index in [2.05, 4.69) is 0 Å². The molecule has 5 heteroatoms. The Labute approximate surface area is 96.0 Å². The number of hydrogen-bond acceptors (Lipinski definition) is 2. The van der Waals surface area contributed by atoms with Crippen LogP contribution in [0.15, 0.2) is 0 Å². The third kappa shape index (κ3) is 2.87. The Hall–Kier alpha value is -1.26. The highest BCUT2D eigenvalue weighted by molar-refractivity contribution is 5.79. The fraction of sp³-hybridized carbons (Fsp3) is 0.818. The number of carboxylic acids is 1. The summed E-state index contributed by atoms with van der Waals surface area (Å²) in [7, 11) is 0. The summed E-state index contributed by atoms with van der Waals surface area (Å²) in [6, 6.07) is -0.0128. The molecule has 0 radical (unpaired) electrons. The molecule has 16 heavy (non-hydrogen) atoms. The summed E-state index contributed by atoms with van der Waals surface area (Å²) < 4.78 is 0. The first-order chi connectivity index (χ1) is 7.60. The van der Waals surface area contributed by atoms with Crippen molar-refractivity contribution in [2.45, 2.75) is 26.7 Å². The van der Waals surface area contributed by atoms with Gasteiger partial charge in [-0.25, -0.2) is 4.79 Å². The van der Waals surface area contributed by atoms with Crippen molar-refractivity contribution in [3.63, 3.8) is 0 Å². The molecular weight excluding hydrogens is 208 g/mol. The highest BCUT2D eigenvalue weighted by Gasteiger charge is 2.37. The molecule has 0 aromatic carbocycles. The van der Waals surface area contributed by atoms with E-state index < -0.39 is 5.97 Å². The molecule has 5 nitrogen and oxygen atoms in total. The van der Waals surface area contributed by atoms with Crippen molar-refractivity contribution in [1.29, 1.82) is 0 Å². The van der Waals surface area contributed by atoms with E-state index in [1.54, 1.807) is 9.80 Å². The largest absolute Gasteiger partial charge is 0.481 e. The zero-order valence-electron chi connectivity index (χ0n) is 9.98. The van der Waals surface area contributed by atoms with E-state index in [-0.39, 0.29) is 11.9 Å². The normalized spacial score (nSPS) is 15.8. The molecule has 1 heterocycles. The van der Waals surface area contributed by atoms with Crippen LogP contribution in [-0.4, -0.2) is 53.1 Å². The first-order valence-corrected chi connectivity index (χ1v) is 5.86. The number of carbonyl (C=O) groups is 2. The molecule has 2 amide bonds. The molecule has 0 aromatic rings. The summed E-state index contributed by atoms with van der Waals surface area (Å²) in [6.45, 7) is 6.29. The molecule has 1 aliphatic heterocycles. The van der Waals surface area contributed by atoms with Gasteiger partial charge in [0.05, 0.1) is 5.92 Å².